The maximum Gasteiger partial charge on any atom is 0.452 e. The molecule has 1 radical (unpaired) electrons. The fraction of sp³-hybridized carbons (Fsp3) is 1.00. The summed E-state index contributed by atoms with van der Waals surface area (Å²) in [5, 5.41) is 0. The summed E-state index contributed by atoms with van der Waals surface area (Å²) in [6.07, 6.45) is -4.54. The van der Waals surface area contributed by atoms with E-state index in [2.05, 4.69) is 9.96 Å². The molecule has 0 aromatic rings. The van der Waals surface area contributed by atoms with E-state index in [0.29, 0.717) is 12.8 Å². The fourth-order valence-electron chi connectivity index (χ4n) is 1.06. The molecule has 2 atom stereocenters. The second-order valence-corrected chi connectivity index (χ2v) is 6.31. The third kappa shape index (κ3) is 4.81. The SMILES string of the molecule is CCC(C)N[Si](NC(C)CC)C(F)(F)C(F)(F)F. The summed E-state index contributed by atoms with van der Waals surface area (Å²) in [6, 6.07) is -0.771. The molecule has 8 heteroatoms. The van der Waals surface area contributed by atoms with E-state index in [1.54, 1.807) is 27.7 Å². The third-order valence-electron chi connectivity index (χ3n) is 2.68. The molecule has 0 aromatic heterocycles. The highest BCUT2D eigenvalue weighted by Crippen LogP contribution is 2.36. The molecule has 109 valence electrons. The number of nitrogens with one attached hydrogen (secondary N) is 2. The van der Waals surface area contributed by atoms with Gasteiger partial charge in [-0.3, -0.25) is 0 Å². The summed E-state index contributed by atoms with van der Waals surface area (Å²) in [5.74, 6) is 0. The molecule has 0 rings (SSSR count). The van der Waals surface area contributed by atoms with Gasteiger partial charge in [0.05, 0.1) is 0 Å². The number of hydrogen-bond donors (Lipinski definition) is 2. The molecule has 0 heterocycles. The van der Waals surface area contributed by atoms with Gasteiger partial charge in [-0.05, 0) is 24.9 Å². The molecular formula is C10H20F5N2Si. The van der Waals surface area contributed by atoms with Crippen molar-refractivity contribution in [1.82, 2.24) is 9.96 Å². The van der Waals surface area contributed by atoms with Crippen LogP contribution in [0.1, 0.15) is 40.5 Å². The Balaban J connectivity index is 4.95. The largest absolute Gasteiger partial charge is 0.452 e. The highest BCUT2D eigenvalue weighted by atomic mass is 28.3. The Labute approximate surface area is 106 Å². The summed E-state index contributed by atoms with van der Waals surface area (Å²) < 4.78 is 63.9. The predicted molar refractivity (Wildman–Crippen MR) is 62.5 cm³/mol. The van der Waals surface area contributed by atoms with Crippen molar-refractivity contribution >= 4 is 9.12 Å². The monoisotopic (exact) mass is 291 g/mol. The summed E-state index contributed by atoms with van der Waals surface area (Å²) >= 11 is 0. The quantitative estimate of drug-likeness (QED) is 0.556. The van der Waals surface area contributed by atoms with Crippen LogP contribution in [0.5, 0.6) is 0 Å². The Kier molecular flexibility index (Phi) is 6.73. The molecular weight excluding hydrogens is 271 g/mol. The zero-order valence-electron chi connectivity index (χ0n) is 11.0. The number of rotatable bonds is 7. The Morgan fingerprint density at radius 1 is 0.889 bits per heavy atom. The average molecular weight is 291 g/mol. The Morgan fingerprint density at radius 3 is 1.44 bits per heavy atom. The molecule has 2 unspecified atom stereocenters. The van der Waals surface area contributed by atoms with E-state index in [1.165, 1.54) is 0 Å². The Morgan fingerprint density at radius 2 is 1.22 bits per heavy atom. The van der Waals surface area contributed by atoms with Crippen molar-refractivity contribution in [3.8, 4) is 0 Å². The lowest BCUT2D eigenvalue weighted by Crippen LogP contribution is -2.68. The van der Waals surface area contributed by atoms with Crippen molar-refractivity contribution < 1.29 is 22.0 Å². The molecule has 0 aromatic carbocycles. The molecule has 0 spiro atoms. The van der Waals surface area contributed by atoms with Gasteiger partial charge in [0.15, 0.2) is 0 Å². The van der Waals surface area contributed by atoms with Crippen molar-refractivity contribution in [2.75, 3.05) is 0 Å². The van der Waals surface area contributed by atoms with E-state index in [1.807, 2.05) is 0 Å². The molecule has 0 amide bonds. The molecule has 0 saturated heterocycles. The molecule has 2 nitrogen and oxygen atoms in total. The van der Waals surface area contributed by atoms with Gasteiger partial charge in [-0.25, -0.2) is 0 Å². The summed E-state index contributed by atoms with van der Waals surface area (Å²) in [5.41, 5.74) is -4.70. The Hall–Kier alpha value is -0.213. The standard InChI is InChI=1S/C10H20F5N2Si/c1-5-7(3)16-18(17-8(4)6-2)10(14,15)9(11,12)13/h7-8,16-17H,5-6H2,1-4H3. The van der Waals surface area contributed by atoms with Crippen molar-refractivity contribution in [2.45, 2.75) is 64.3 Å². The minimum atomic E-state index is -5.53. The highest BCUT2D eigenvalue weighted by Gasteiger charge is 2.64. The molecule has 0 bridgehead atoms. The van der Waals surface area contributed by atoms with Gasteiger partial charge < -0.3 is 9.96 Å². The normalized spacial score (nSPS) is 17.0. The van der Waals surface area contributed by atoms with Crippen molar-refractivity contribution in [3.63, 3.8) is 0 Å². The number of hydrogen-bond acceptors (Lipinski definition) is 2. The molecule has 0 aliphatic carbocycles. The molecule has 18 heavy (non-hydrogen) atoms. The summed E-state index contributed by atoms with van der Waals surface area (Å²) in [7, 11) is -3.26. The van der Waals surface area contributed by atoms with Gasteiger partial charge in [0.1, 0.15) is 0 Å². The van der Waals surface area contributed by atoms with Crippen molar-refractivity contribution in [1.29, 1.82) is 0 Å². The first-order chi connectivity index (χ1) is 8.06. The lowest BCUT2D eigenvalue weighted by atomic mass is 10.3. The van der Waals surface area contributed by atoms with Gasteiger partial charge in [-0.15, -0.1) is 0 Å². The van der Waals surface area contributed by atoms with Crippen LogP contribution in [0.3, 0.4) is 0 Å². The Bertz CT molecular complexity index is 235. The molecule has 2 N–H and O–H groups in total. The van der Waals surface area contributed by atoms with E-state index in [4.69, 9.17) is 0 Å². The molecule has 0 aliphatic heterocycles. The van der Waals surface area contributed by atoms with E-state index in [-0.39, 0.29) is 12.1 Å². The van der Waals surface area contributed by atoms with Gasteiger partial charge in [-0.2, -0.15) is 22.0 Å². The van der Waals surface area contributed by atoms with Crippen molar-refractivity contribution in [2.24, 2.45) is 0 Å². The zero-order chi connectivity index (χ0) is 14.6. The predicted octanol–water partition coefficient (Wildman–Crippen LogP) is 2.99. The fourth-order valence-corrected chi connectivity index (χ4v) is 3.18. The first kappa shape index (κ1) is 17.8. The van der Waals surface area contributed by atoms with Gasteiger partial charge in [-0.1, -0.05) is 27.7 Å². The first-order valence-corrected chi connectivity index (χ1v) is 7.41. The molecule has 0 fully saturated rings. The lowest BCUT2D eigenvalue weighted by Gasteiger charge is -2.31. The van der Waals surface area contributed by atoms with Gasteiger partial charge in [0, 0.05) is 0 Å². The van der Waals surface area contributed by atoms with Crippen molar-refractivity contribution in [3.05, 3.63) is 0 Å². The third-order valence-corrected chi connectivity index (χ3v) is 5.15. The molecule has 0 saturated carbocycles. The number of alkyl halides is 5. The highest BCUT2D eigenvalue weighted by molar-refractivity contribution is 6.56. The van der Waals surface area contributed by atoms with Crippen LogP contribution in [-0.4, -0.2) is 32.9 Å². The average Bonchev–Trinajstić information content (AvgIpc) is 2.25. The van der Waals surface area contributed by atoms with Crippen LogP contribution < -0.4 is 9.96 Å². The smallest absolute Gasteiger partial charge is 0.318 e. The van der Waals surface area contributed by atoms with E-state index >= 15 is 0 Å². The molecule has 0 aliphatic rings. The van der Waals surface area contributed by atoms with Crippen LogP contribution in [0.25, 0.3) is 0 Å². The maximum absolute atomic E-state index is 13.4. The summed E-state index contributed by atoms with van der Waals surface area (Å²) in [6.45, 7) is 6.64. The van der Waals surface area contributed by atoms with Crippen LogP contribution in [0.4, 0.5) is 22.0 Å². The minimum absolute atomic E-state index is 0.385. The maximum atomic E-state index is 13.4. The minimum Gasteiger partial charge on any atom is -0.318 e. The van der Waals surface area contributed by atoms with Gasteiger partial charge >= 0.3 is 20.8 Å². The van der Waals surface area contributed by atoms with Crippen LogP contribution in [0.2, 0.25) is 0 Å². The number of halogens is 5. The van der Waals surface area contributed by atoms with Crippen LogP contribution in [0, 0.1) is 0 Å². The van der Waals surface area contributed by atoms with E-state index in [0.717, 1.165) is 0 Å². The first-order valence-electron chi connectivity index (χ1n) is 5.91. The van der Waals surface area contributed by atoms with Crippen LogP contribution in [0.15, 0.2) is 0 Å². The second kappa shape index (κ2) is 6.81. The van der Waals surface area contributed by atoms with Crippen LogP contribution in [-0.2, 0) is 0 Å². The topological polar surface area (TPSA) is 24.1 Å². The van der Waals surface area contributed by atoms with E-state index in [9.17, 15) is 22.0 Å². The zero-order valence-corrected chi connectivity index (χ0v) is 12.0. The summed E-state index contributed by atoms with van der Waals surface area (Å²) in [4.78, 5) is 4.80. The lowest BCUT2D eigenvalue weighted by molar-refractivity contribution is -0.247. The van der Waals surface area contributed by atoms with Gasteiger partial charge in [0.2, 0.25) is 0 Å². The van der Waals surface area contributed by atoms with E-state index < -0.39 is 20.8 Å². The van der Waals surface area contributed by atoms with Crippen LogP contribution >= 0.6 is 0 Å². The second-order valence-electron chi connectivity index (χ2n) is 4.35. The van der Waals surface area contributed by atoms with Gasteiger partial charge in [0.25, 0.3) is 0 Å².